The predicted octanol–water partition coefficient (Wildman–Crippen LogP) is 6.62. The second-order valence-corrected chi connectivity index (χ2v) is 10.9. The van der Waals surface area contributed by atoms with Gasteiger partial charge >= 0.3 is 0 Å². The van der Waals surface area contributed by atoms with Gasteiger partial charge in [0.1, 0.15) is 0 Å². The number of fused-ring (bicyclic) bond motifs is 1. The van der Waals surface area contributed by atoms with Crippen molar-refractivity contribution in [1.29, 1.82) is 0 Å². The van der Waals surface area contributed by atoms with Gasteiger partial charge in [-0.3, -0.25) is 4.79 Å². The van der Waals surface area contributed by atoms with Crippen LogP contribution >= 0.6 is 50.7 Å². The SMILES string of the molecule is Cc1c(CC(Cl)(Cl)Cl)c2c(n1-c1ccc(Br)cc1)CC(C)(C)CC2=O. The molecule has 1 heterocycles. The van der Waals surface area contributed by atoms with E-state index in [9.17, 15) is 4.79 Å². The second-order valence-electron chi connectivity index (χ2n) is 7.43. The van der Waals surface area contributed by atoms with E-state index in [-0.39, 0.29) is 17.6 Å². The molecule has 0 N–H and O–H groups in total. The van der Waals surface area contributed by atoms with Crippen molar-refractivity contribution in [3.63, 3.8) is 0 Å². The number of alkyl halides is 3. The van der Waals surface area contributed by atoms with E-state index < -0.39 is 3.79 Å². The molecule has 134 valence electrons. The molecule has 0 radical (unpaired) electrons. The molecule has 1 aliphatic carbocycles. The number of Topliss-reactive ketones (excluding diaryl/α,β-unsaturated/α-hetero) is 1. The molecule has 2 aromatic rings. The van der Waals surface area contributed by atoms with Crippen molar-refractivity contribution in [2.75, 3.05) is 0 Å². The minimum Gasteiger partial charge on any atom is -0.317 e. The molecule has 3 rings (SSSR count). The first-order chi connectivity index (χ1) is 11.5. The zero-order valence-electron chi connectivity index (χ0n) is 14.3. The monoisotopic (exact) mass is 461 g/mol. The summed E-state index contributed by atoms with van der Waals surface area (Å²) in [6, 6.07) is 8.04. The average molecular weight is 464 g/mol. The average Bonchev–Trinajstić information content (AvgIpc) is 2.69. The number of aromatic nitrogens is 1. The molecule has 1 aromatic carbocycles. The Bertz CT molecular complexity index is 832. The van der Waals surface area contributed by atoms with Crippen LogP contribution in [0.1, 0.15) is 47.6 Å². The summed E-state index contributed by atoms with van der Waals surface area (Å²) in [4.78, 5) is 12.9. The van der Waals surface area contributed by atoms with E-state index in [0.29, 0.717) is 6.42 Å². The van der Waals surface area contributed by atoms with Gasteiger partial charge in [-0.05, 0) is 48.6 Å². The van der Waals surface area contributed by atoms with Crippen molar-refractivity contribution < 1.29 is 4.79 Å². The third-order valence-electron chi connectivity index (χ3n) is 4.66. The minimum atomic E-state index is -1.43. The molecule has 0 saturated heterocycles. The molecule has 6 heteroatoms. The van der Waals surface area contributed by atoms with Gasteiger partial charge in [0.25, 0.3) is 0 Å². The summed E-state index contributed by atoms with van der Waals surface area (Å²) in [5.74, 6) is 0.134. The number of hydrogen-bond donors (Lipinski definition) is 0. The highest BCUT2D eigenvalue weighted by Crippen LogP contribution is 2.42. The Morgan fingerprint density at radius 1 is 1.16 bits per heavy atom. The number of hydrogen-bond acceptors (Lipinski definition) is 1. The lowest BCUT2D eigenvalue weighted by Crippen LogP contribution is -2.28. The van der Waals surface area contributed by atoms with Gasteiger partial charge in [0.15, 0.2) is 9.58 Å². The van der Waals surface area contributed by atoms with Gasteiger partial charge in [-0.1, -0.05) is 64.6 Å². The van der Waals surface area contributed by atoms with E-state index >= 15 is 0 Å². The Balaban J connectivity index is 2.26. The van der Waals surface area contributed by atoms with Crippen molar-refractivity contribution in [3.8, 4) is 5.69 Å². The van der Waals surface area contributed by atoms with Gasteiger partial charge in [0.05, 0.1) is 0 Å². The Kier molecular flexibility index (Phi) is 5.09. The quantitative estimate of drug-likeness (QED) is 0.459. The van der Waals surface area contributed by atoms with Crippen LogP contribution in [0.5, 0.6) is 0 Å². The van der Waals surface area contributed by atoms with E-state index in [1.165, 1.54) is 0 Å². The molecule has 1 aliphatic rings. The van der Waals surface area contributed by atoms with Crippen LogP contribution in [0.4, 0.5) is 0 Å². The Labute approximate surface area is 171 Å². The number of benzene rings is 1. The van der Waals surface area contributed by atoms with Gasteiger partial charge in [-0.15, -0.1) is 0 Å². The zero-order chi connectivity index (χ0) is 18.6. The largest absolute Gasteiger partial charge is 0.317 e. The van der Waals surface area contributed by atoms with Crippen molar-refractivity contribution >= 4 is 56.5 Å². The molecule has 0 bridgehead atoms. The molecule has 0 unspecified atom stereocenters. The standard InChI is InChI=1S/C19H19BrCl3NO/c1-11-14(8-19(21,22)23)17-15(9-18(2,3)10-16(17)25)24(11)13-6-4-12(20)5-7-13/h4-7H,8-10H2,1-3H3. The minimum absolute atomic E-state index is 0.0841. The number of nitrogens with zero attached hydrogens (tertiary/aromatic N) is 1. The first kappa shape index (κ1) is 19.3. The molecule has 1 aromatic heterocycles. The lowest BCUT2D eigenvalue weighted by atomic mass is 9.75. The molecule has 0 spiro atoms. The molecule has 2 nitrogen and oxygen atoms in total. The number of ketones is 1. The highest BCUT2D eigenvalue weighted by molar-refractivity contribution is 9.10. The van der Waals surface area contributed by atoms with Crippen LogP contribution in [-0.4, -0.2) is 14.1 Å². The van der Waals surface area contributed by atoms with Gasteiger partial charge in [0, 0.05) is 40.0 Å². The first-order valence-corrected chi connectivity index (χ1v) is 10.0. The fraction of sp³-hybridized carbons (Fsp3) is 0.421. The van der Waals surface area contributed by atoms with Gasteiger partial charge < -0.3 is 4.57 Å². The van der Waals surface area contributed by atoms with Gasteiger partial charge in [0.2, 0.25) is 0 Å². The lowest BCUT2D eigenvalue weighted by Gasteiger charge is -2.30. The van der Waals surface area contributed by atoms with Crippen LogP contribution in [-0.2, 0) is 12.8 Å². The summed E-state index contributed by atoms with van der Waals surface area (Å²) in [5, 5.41) is 0. The van der Waals surface area contributed by atoms with Crippen LogP contribution < -0.4 is 0 Å². The highest BCUT2D eigenvalue weighted by atomic mass is 79.9. The third kappa shape index (κ3) is 3.95. The van der Waals surface area contributed by atoms with Crippen LogP contribution in [0.15, 0.2) is 28.7 Å². The molecule has 0 fully saturated rings. The van der Waals surface area contributed by atoms with E-state index in [0.717, 1.165) is 39.1 Å². The van der Waals surface area contributed by atoms with E-state index in [2.05, 4.69) is 34.3 Å². The Morgan fingerprint density at radius 3 is 2.32 bits per heavy atom. The maximum absolute atomic E-state index is 12.9. The van der Waals surface area contributed by atoms with Crippen LogP contribution in [0, 0.1) is 12.3 Å². The predicted molar refractivity (Wildman–Crippen MR) is 109 cm³/mol. The first-order valence-electron chi connectivity index (χ1n) is 8.07. The van der Waals surface area contributed by atoms with Crippen LogP contribution in [0.25, 0.3) is 5.69 Å². The summed E-state index contributed by atoms with van der Waals surface area (Å²) in [5.41, 5.74) is 4.50. The molecule has 0 aliphatic heterocycles. The lowest BCUT2D eigenvalue weighted by molar-refractivity contribution is 0.0910. The smallest absolute Gasteiger partial charge is 0.194 e. The van der Waals surface area contributed by atoms with Crippen molar-refractivity contribution in [1.82, 2.24) is 4.57 Å². The van der Waals surface area contributed by atoms with Crippen molar-refractivity contribution in [2.24, 2.45) is 5.41 Å². The van der Waals surface area contributed by atoms with E-state index in [4.69, 9.17) is 34.8 Å². The van der Waals surface area contributed by atoms with Gasteiger partial charge in [-0.25, -0.2) is 0 Å². The number of halogens is 4. The summed E-state index contributed by atoms with van der Waals surface area (Å²) in [7, 11) is 0. The zero-order valence-corrected chi connectivity index (χ0v) is 18.2. The second kappa shape index (κ2) is 6.60. The van der Waals surface area contributed by atoms with Crippen LogP contribution in [0.3, 0.4) is 0 Å². The molecular formula is C19H19BrCl3NO. The third-order valence-corrected chi connectivity index (χ3v) is 5.59. The van der Waals surface area contributed by atoms with Gasteiger partial charge in [-0.2, -0.15) is 0 Å². The molecule has 25 heavy (non-hydrogen) atoms. The summed E-state index contributed by atoms with van der Waals surface area (Å²) < 4.78 is 1.72. The highest BCUT2D eigenvalue weighted by Gasteiger charge is 2.38. The molecule has 0 amide bonds. The van der Waals surface area contributed by atoms with E-state index in [1.807, 2.05) is 31.2 Å². The Morgan fingerprint density at radius 2 is 1.76 bits per heavy atom. The normalized spacial score (nSPS) is 16.8. The van der Waals surface area contributed by atoms with Crippen molar-refractivity contribution in [3.05, 3.63) is 51.3 Å². The summed E-state index contributed by atoms with van der Waals surface area (Å²) in [6.45, 7) is 6.24. The summed E-state index contributed by atoms with van der Waals surface area (Å²) in [6.07, 6.45) is 1.54. The fourth-order valence-electron chi connectivity index (χ4n) is 3.70. The Hall–Kier alpha value is -0.480. The van der Waals surface area contributed by atoms with Crippen molar-refractivity contribution in [2.45, 2.75) is 43.8 Å². The maximum Gasteiger partial charge on any atom is 0.194 e. The number of carbonyl (C=O) groups excluding carboxylic acids is 1. The maximum atomic E-state index is 12.9. The topological polar surface area (TPSA) is 22.0 Å². The summed E-state index contributed by atoms with van der Waals surface area (Å²) >= 11 is 21.7. The number of rotatable bonds is 2. The van der Waals surface area contributed by atoms with E-state index in [1.54, 1.807) is 0 Å². The molecular weight excluding hydrogens is 444 g/mol. The fourth-order valence-corrected chi connectivity index (χ4v) is 4.36. The number of carbonyl (C=O) groups is 1. The van der Waals surface area contributed by atoms with Crippen LogP contribution in [0.2, 0.25) is 0 Å². The molecule has 0 saturated carbocycles. The molecule has 0 atom stereocenters.